The lowest BCUT2D eigenvalue weighted by Gasteiger charge is -2.30. The van der Waals surface area contributed by atoms with Gasteiger partial charge in [0.1, 0.15) is 0 Å². The van der Waals surface area contributed by atoms with Crippen molar-refractivity contribution in [3.63, 3.8) is 0 Å². The van der Waals surface area contributed by atoms with Crippen molar-refractivity contribution in [2.75, 3.05) is 26.5 Å². The molecule has 138 valence electrons. The van der Waals surface area contributed by atoms with Crippen LogP contribution in [0.25, 0.3) is 0 Å². The summed E-state index contributed by atoms with van der Waals surface area (Å²) in [6.45, 7) is 0.607. The van der Waals surface area contributed by atoms with Gasteiger partial charge in [0.25, 0.3) is 0 Å². The summed E-state index contributed by atoms with van der Waals surface area (Å²) < 4.78 is 30.1. The smallest absolute Gasteiger partial charge is 0.333 e. The number of rotatable bonds is 5. The number of nitrogens with zero attached hydrogens (tertiary/aromatic N) is 1. The molecule has 1 amide bonds. The van der Waals surface area contributed by atoms with Gasteiger partial charge in [0.05, 0.1) is 13.4 Å². The minimum Gasteiger partial charge on any atom is -0.467 e. The number of amides is 1. The summed E-state index contributed by atoms with van der Waals surface area (Å²) in [4.78, 5) is 24.6. The van der Waals surface area contributed by atoms with Crippen molar-refractivity contribution in [3.8, 4) is 0 Å². The quantitative estimate of drug-likeness (QED) is 0.710. The Kier molecular flexibility index (Phi) is 6.59. The maximum absolute atomic E-state index is 12.5. The first-order valence-corrected chi connectivity index (χ1v) is 10.5. The SMILES string of the molecule is COC(=O)C(NC(=O)C1CCN(S(C)(=O)=O)CC1)c1ccc(Br)cc1. The van der Waals surface area contributed by atoms with Gasteiger partial charge in [0.2, 0.25) is 15.9 Å². The molecule has 7 nitrogen and oxygen atoms in total. The zero-order valence-electron chi connectivity index (χ0n) is 14.1. The van der Waals surface area contributed by atoms with E-state index in [2.05, 4.69) is 21.2 Å². The molecule has 9 heteroatoms. The molecule has 0 aliphatic carbocycles. The van der Waals surface area contributed by atoms with Crippen LogP contribution in [0.4, 0.5) is 0 Å². The molecule has 0 spiro atoms. The van der Waals surface area contributed by atoms with E-state index in [-0.39, 0.29) is 11.8 Å². The van der Waals surface area contributed by atoms with Gasteiger partial charge in [-0.15, -0.1) is 0 Å². The summed E-state index contributed by atoms with van der Waals surface area (Å²) in [7, 11) is -1.97. The number of piperidine rings is 1. The zero-order valence-corrected chi connectivity index (χ0v) is 16.5. The first-order valence-electron chi connectivity index (χ1n) is 7.81. The van der Waals surface area contributed by atoms with Crippen LogP contribution < -0.4 is 5.32 Å². The number of hydrogen-bond donors (Lipinski definition) is 1. The third-order valence-corrected chi connectivity index (χ3v) is 6.05. The van der Waals surface area contributed by atoms with Crippen LogP contribution in [0.3, 0.4) is 0 Å². The molecule has 1 atom stereocenters. The molecule has 1 aliphatic heterocycles. The molecule has 2 rings (SSSR count). The number of hydrogen-bond acceptors (Lipinski definition) is 5. The fraction of sp³-hybridized carbons (Fsp3) is 0.500. The molecule has 1 aromatic rings. The second kappa shape index (κ2) is 8.29. The Hall–Kier alpha value is -1.45. The first-order chi connectivity index (χ1) is 11.7. The Bertz CT molecular complexity index is 727. The van der Waals surface area contributed by atoms with Gasteiger partial charge in [0.15, 0.2) is 6.04 Å². The van der Waals surface area contributed by atoms with Gasteiger partial charge in [-0.3, -0.25) is 4.79 Å². The van der Waals surface area contributed by atoms with Crippen LogP contribution in [0, 0.1) is 5.92 Å². The molecular weight excluding hydrogens is 412 g/mol. The van der Waals surface area contributed by atoms with E-state index in [1.165, 1.54) is 11.4 Å². The number of carbonyl (C=O) groups is 2. The first kappa shape index (κ1) is 19.9. The predicted octanol–water partition coefficient (Wildman–Crippen LogP) is 1.45. The summed E-state index contributed by atoms with van der Waals surface area (Å²) in [5.41, 5.74) is 0.622. The Balaban J connectivity index is 2.05. The highest BCUT2D eigenvalue weighted by atomic mass is 79.9. The number of carbonyl (C=O) groups excluding carboxylic acids is 2. The highest BCUT2D eigenvalue weighted by Crippen LogP contribution is 2.22. The topological polar surface area (TPSA) is 92.8 Å². The van der Waals surface area contributed by atoms with Crippen molar-refractivity contribution in [1.29, 1.82) is 0 Å². The van der Waals surface area contributed by atoms with Gasteiger partial charge in [0, 0.05) is 23.5 Å². The summed E-state index contributed by atoms with van der Waals surface area (Å²) >= 11 is 3.33. The average Bonchev–Trinajstić information content (AvgIpc) is 2.59. The summed E-state index contributed by atoms with van der Waals surface area (Å²) in [5, 5.41) is 2.73. The number of benzene rings is 1. The van der Waals surface area contributed by atoms with Crippen LogP contribution in [0.1, 0.15) is 24.4 Å². The molecule has 1 aromatic carbocycles. The van der Waals surface area contributed by atoms with Crippen LogP contribution in [-0.2, 0) is 24.3 Å². The number of methoxy groups -OCH3 is 1. The average molecular weight is 433 g/mol. The van der Waals surface area contributed by atoms with Crippen molar-refractivity contribution < 1.29 is 22.7 Å². The molecular formula is C16H21BrN2O5S. The third kappa shape index (κ3) is 5.26. The highest BCUT2D eigenvalue weighted by Gasteiger charge is 2.32. The second-order valence-corrected chi connectivity index (χ2v) is 8.85. The predicted molar refractivity (Wildman–Crippen MR) is 96.2 cm³/mol. The van der Waals surface area contributed by atoms with Crippen LogP contribution in [0.2, 0.25) is 0 Å². The van der Waals surface area contributed by atoms with Gasteiger partial charge in [-0.25, -0.2) is 17.5 Å². The van der Waals surface area contributed by atoms with E-state index in [1.807, 2.05) is 0 Å². The van der Waals surface area contributed by atoms with E-state index in [0.29, 0.717) is 31.5 Å². The lowest BCUT2D eigenvalue weighted by atomic mass is 9.96. The molecule has 0 aromatic heterocycles. The highest BCUT2D eigenvalue weighted by molar-refractivity contribution is 9.10. The molecule has 25 heavy (non-hydrogen) atoms. The normalized spacial score (nSPS) is 17.7. The van der Waals surface area contributed by atoms with Crippen LogP contribution in [0.5, 0.6) is 0 Å². The van der Waals surface area contributed by atoms with E-state index in [9.17, 15) is 18.0 Å². The molecule has 1 heterocycles. The summed E-state index contributed by atoms with van der Waals surface area (Å²) in [6.07, 6.45) is 2.01. The Morgan fingerprint density at radius 3 is 2.28 bits per heavy atom. The lowest BCUT2D eigenvalue weighted by Crippen LogP contribution is -2.44. The molecule has 1 N–H and O–H groups in total. The maximum atomic E-state index is 12.5. The number of nitrogens with one attached hydrogen (secondary N) is 1. The second-order valence-electron chi connectivity index (χ2n) is 5.95. The fourth-order valence-electron chi connectivity index (χ4n) is 2.76. The van der Waals surface area contributed by atoms with E-state index >= 15 is 0 Å². The van der Waals surface area contributed by atoms with Crippen LogP contribution in [0.15, 0.2) is 28.7 Å². The van der Waals surface area contributed by atoms with E-state index in [4.69, 9.17) is 4.74 Å². The fourth-order valence-corrected chi connectivity index (χ4v) is 3.90. The molecule has 0 saturated carbocycles. The van der Waals surface area contributed by atoms with Crippen LogP contribution >= 0.6 is 15.9 Å². The van der Waals surface area contributed by atoms with Crippen molar-refractivity contribution in [2.45, 2.75) is 18.9 Å². The van der Waals surface area contributed by atoms with E-state index in [1.54, 1.807) is 24.3 Å². The standard InChI is InChI=1S/C16H21BrN2O5S/c1-24-16(21)14(11-3-5-13(17)6-4-11)18-15(20)12-7-9-19(10-8-12)25(2,22)23/h3-6,12,14H,7-10H2,1-2H3,(H,18,20). The van der Waals surface area contributed by atoms with Crippen molar-refractivity contribution in [1.82, 2.24) is 9.62 Å². The lowest BCUT2D eigenvalue weighted by molar-refractivity contribution is -0.146. The Morgan fingerprint density at radius 2 is 1.80 bits per heavy atom. The van der Waals surface area contributed by atoms with E-state index < -0.39 is 22.0 Å². The molecule has 0 radical (unpaired) electrons. The molecule has 0 bridgehead atoms. The maximum Gasteiger partial charge on any atom is 0.333 e. The van der Waals surface area contributed by atoms with Gasteiger partial charge >= 0.3 is 5.97 Å². The minimum atomic E-state index is -3.24. The Labute approximate surface area is 155 Å². The summed E-state index contributed by atoms with van der Waals surface area (Å²) in [5.74, 6) is -1.16. The van der Waals surface area contributed by atoms with Gasteiger partial charge in [-0.05, 0) is 30.5 Å². The van der Waals surface area contributed by atoms with Gasteiger partial charge in [-0.2, -0.15) is 0 Å². The van der Waals surface area contributed by atoms with Crippen molar-refractivity contribution in [2.24, 2.45) is 5.92 Å². The molecule has 1 fully saturated rings. The van der Waals surface area contributed by atoms with Crippen LogP contribution in [-0.4, -0.2) is 51.1 Å². The van der Waals surface area contributed by atoms with Gasteiger partial charge in [-0.1, -0.05) is 28.1 Å². The van der Waals surface area contributed by atoms with E-state index in [0.717, 1.165) is 10.7 Å². The Morgan fingerprint density at radius 1 is 1.24 bits per heavy atom. The number of esters is 1. The van der Waals surface area contributed by atoms with Gasteiger partial charge < -0.3 is 10.1 Å². The van der Waals surface area contributed by atoms with Crippen molar-refractivity contribution in [3.05, 3.63) is 34.3 Å². The molecule has 1 saturated heterocycles. The minimum absolute atomic E-state index is 0.272. The zero-order chi connectivity index (χ0) is 18.6. The summed E-state index contributed by atoms with van der Waals surface area (Å²) in [6, 6.07) is 6.14. The number of ether oxygens (including phenoxy) is 1. The molecule has 1 unspecified atom stereocenters. The number of sulfonamides is 1. The number of halogens is 1. The molecule has 1 aliphatic rings. The van der Waals surface area contributed by atoms with Crippen molar-refractivity contribution >= 4 is 37.8 Å². The third-order valence-electron chi connectivity index (χ3n) is 4.22. The monoisotopic (exact) mass is 432 g/mol. The largest absolute Gasteiger partial charge is 0.467 e.